The Hall–Kier alpha value is -2.19. The van der Waals surface area contributed by atoms with Gasteiger partial charge in [0.1, 0.15) is 5.75 Å². The second-order valence-corrected chi connectivity index (χ2v) is 5.42. The number of nitro benzene ring substituents is 1. The average molecular weight is 323 g/mol. The predicted molar refractivity (Wildman–Crippen MR) is 83.4 cm³/mol. The fourth-order valence-electron chi connectivity index (χ4n) is 2.49. The highest BCUT2D eigenvalue weighted by Gasteiger charge is 2.19. The second kappa shape index (κ2) is 7.89. The van der Waals surface area contributed by atoms with Crippen molar-refractivity contribution in [1.82, 2.24) is 9.80 Å². The molecule has 0 aromatic heterocycles. The van der Waals surface area contributed by atoms with E-state index in [0.29, 0.717) is 44.2 Å². The molecule has 1 aliphatic rings. The minimum absolute atomic E-state index is 0.00806. The number of benzene rings is 1. The third kappa shape index (κ3) is 4.64. The first kappa shape index (κ1) is 17.2. The molecule has 0 saturated carbocycles. The molecule has 0 radical (unpaired) electrons. The zero-order valence-corrected chi connectivity index (χ0v) is 13.4. The van der Waals surface area contributed by atoms with Gasteiger partial charge in [-0.2, -0.15) is 0 Å². The monoisotopic (exact) mass is 323 g/mol. The summed E-state index contributed by atoms with van der Waals surface area (Å²) in [6, 6.07) is 4.46. The van der Waals surface area contributed by atoms with Crippen LogP contribution >= 0.6 is 0 Å². The molecule has 1 amide bonds. The van der Waals surface area contributed by atoms with Crippen molar-refractivity contribution in [2.45, 2.75) is 6.54 Å². The van der Waals surface area contributed by atoms with Gasteiger partial charge in [-0.05, 0) is 13.1 Å². The molecule has 1 saturated heterocycles. The highest BCUT2D eigenvalue weighted by molar-refractivity contribution is 5.78. The van der Waals surface area contributed by atoms with Gasteiger partial charge in [0.15, 0.2) is 0 Å². The Labute approximate surface area is 134 Å². The number of rotatable bonds is 6. The molecule has 1 heterocycles. The molecule has 126 valence electrons. The van der Waals surface area contributed by atoms with Crippen LogP contribution in [-0.2, 0) is 16.1 Å². The van der Waals surface area contributed by atoms with E-state index in [-0.39, 0.29) is 18.1 Å². The van der Waals surface area contributed by atoms with Crippen molar-refractivity contribution in [3.63, 3.8) is 0 Å². The third-order valence-electron chi connectivity index (χ3n) is 3.68. The molecule has 1 fully saturated rings. The zero-order chi connectivity index (χ0) is 16.8. The summed E-state index contributed by atoms with van der Waals surface area (Å²) in [5, 5.41) is 10.9. The number of hydrogen-bond donors (Lipinski definition) is 0. The fourth-order valence-corrected chi connectivity index (χ4v) is 2.49. The number of amides is 1. The zero-order valence-electron chi connectivity index (χ0n) is 13.4. The van der Waals surface area contributed by atoms with Crippen LogP contribution in [0.25, 0.3) is 0 Å². The summed E-state index contributed by atoms with van der Waals surface area (Å²) in [5.74, 6) is 0.599. The quantitative estimate of drug-likeness (QED) is 0.571. The molecule has 0 atom stereocenters. The van der Waals surface area contributed by atoms with Crippen LogP contribution in [0.1, 0.15) is 5.56 Å². The lowest BCUT2D eigenvalue weighted by atomic mass is 10.1. The maximum Gasteiger partial charge on any atom is 0.270 e. The van der Waals surface area contributed by atoms with Gasteiger partial charge in [0.25, 0.3) is 5.69 Å². The van der Waals surface area contributed by atoms with Gasteiger partial charge in [0.2, 0.25) is 5.91 Å². The van der Waals surface area contributed by atoms with E-state index in [0.717, 1.165) is 0 Å². The lowest BCUT2D eigenvalue weighted by Gasteiger charge is -2.28. The van der Waals surface area contributed by atoms with Gasteiger partial charge < -0.3 is 14.4 Å². The summed E-state index contributed by atoms with van der Waals surface area (Å²) < 4.78 is 10.5. The van der Waals surface area contributed by atoms with Gasteiger partial charge in [0.05, 0.1) is 31.8 Å². The number of likely N-dealkylation sites (N-methyl/N-ethyl adjacent to an activating group) is 1. The number of nitrogens with zero attached hydrogens (tertiary/aromatic N) is 3. The van der Waals surface area contributed by atoms with Gasteiger partial charge in [-0.1, -0.05) is 0 Å². The van der Waals surface area contributed by atoms with E-state index >= 15 is 0 Å². The van der Waals surface area contributed by atoms with Crippen molar-refractivity contribution >= 4 is 11.6 Å². The average Bonchev–Trinajstić information content (AvgIpc) is 2.55. The molecule has 8 heteroatoms. The third-order valence-corrected chi connectivity index (χ3v) is 3.68. The molecule has 23 heavy (non-hydrogen) atoms. The summed E-state index contributed by atoms with van der Waals surface area (Å²) in [5.41, 5.74) is 0.688. The summed E-state index contributed by atoms with van der Waals surface area (Å²) in [6.07, 6.45) is 0. The Morgan fingerprint density at radius 1 is 1.43 bits per heavy atom. The van der Waals surface area contributed by atoms with Crippen LogP contribution in [-0.4, -0.2) is 67.6 Å². The van der Waals surface area contributed by atoms with Crippen molar-refractivity contribution in [3.05, 3.63) is 33.9 Å². The molecule has 1 aromatic rings. The van der Waals surface area contributed by atoms with Crippen LogP contribution in [0, 0.1) is 10.1 Å². The van der Waals surface area contributed by atoms with Gasteiger partial charge in [-0.3, -0.25) is 19.8 Å². The van der Waals surface area contributed by atoms with Crippen molar-refractivity contribution < 1.29 is 19.2 Å². The standard InChI is InChI=1S/C15H21N3O5/c1-16(11-15(19)17-5-7-23-8-6-17)10-12-9-13(18(20)21)3-4-14(12)22-2/h3-4,9H,5-8,10-11H2,1-2H3. The van der Waals surface area contributed by atoms with Crippen molar-refractivity contribution in [2.75, 3.05) is 47.0 Å². The van der Waals surface area contributed by atoms with E-state index in [1.54, 1.807) is 18.0 Å². The van der Waals surface area contributed by atoms with E-state index in [1.807, 2.05) is 4.90 Å². The molecular weight excluding hydrogens is 302 g/mol. The lowest BCUT2D eigenvalue weighted by Crippen LogP contribution is -2.44. The SMILES string of the molecule is COc1ccc([N+](=O)[O-])cc1CN(C)CC(=O)N1CCOCC1. The van der Waals surface area contributed by atoms with E-state index in [1.165, 1.54) is 19.2 Å². The fraction of sp³-hybridized carbons (Fsp3) is 0.533. The second-order valence-electron chi connectivity index (χ2n) is 5.42. The van der Waals surface area contributed by atoms with E-state index in [4.69, 9.17) is 9.47 Å². The van der Waals surface area contributed by atoms with Crippen LogP contribution in [0.15, 0.2) is 18.2 Å². The lowest BCUT2D eigenvalue weighted by molar-refractivity contribution is -0.384. The first-order valence-corrected chi connectivity index (χ1v) is 7.36. The topological polar surface area (TPSA) is 85.2 Å². The normalized spacial score (nSPS) is 14.8. The number of methoxy groups -OCH3 is 1. The number of non-ortho nitro benzene ring substituents is 1. The molecule has 2 rings (SSSR count). The smallest absolute Gasteiger partial charge is 0.270 e. The molecule has 1 aliphatic heterocycles. The highest BCUT2D eigenvalue weighted by atomic mass is 16.6. The molecule has 0 aliphatic carbocycles. The highest BCUT2D eigenvalue weighted by Crippen LogP contribution is 2.25. The molecule has 0 N–H and O–H groups in total. The van der Waals surface area contributed by atoms with Gasteiger partial charge >= 0.3 is 0 Å². The summed E-state index contributed by atoms with van der Waals surface area (Å²) >= 11 is 0. The molecule has 0 unspecified atom stereocenters. The Kier molecular flexibility index (Phi) is 5.89. The predicted octanol–water partition coefficient (Wildman–Crippen LogP) is 0.894. The Morgan fingerprint density at radius 2 is 2.13 bits per heavy atom. The van der Waals surface area contributed by atoms with Crippen LogP contribution in [0.4, 0.5) is 5.69 Å². The van der Waals surface area contributed by atoms with E-state index in [9.17, 15) is 14.9 Å². The number of nitro groups is 1. The van der Waals surface area contributed by atoms with Crippen molar-refractivity contribution in [3.8, 4) is 5.75 Å². The van der Waals surface area contributed by atoms with Crippen LogP contribution in [0.2, 0.25) is 0 Å². The molecule has 1 aromatic carbocycles. The molecule has 8 nitrogen and oxygen atoms in total. The number of ether oxygens (including phenoxy) is 2. The van der Waals surface area contributed by atoms with Gasteiger partial charge in [-0.15, -0.1) is 0 Å². The largest absolute Gasteiger partial charge is 0.496 e. The molecular formula is C15H21N3O5. The number of morpholine rings is 1. The van der Waals surface area contributed by atoms with Crippen molar-refractivity contribution in [2.24, 2.45) is 0 Å². The summed E-state index contributed by atoms with van der Waals surface area (Å²) in [4.78, 5) is 26.3. The van der Waals surface area contributed by atoms with Crippen LogP contribution < -0.4 is 4.74 Å². The number of hydrogen-bond acceptors (Lipinski definition) is 6. The summed E-state index contributed by atoms with van der Waals surface area (Å²) in [6.45, 7) is 2.97. The van der Waals surface area contributed by atoms with Gasteiger partial charge in [0, 0.05) is 37.3 Å². The minimum atomic E-state index is -0.443. The van der Waals surface area contributed by atoms with Gasteiger partial charge in [-0.25, -0.2) is 0 Å². The Morgan fingerprint density at radius 3 is 2.74 bits per heavy atom. The first-order valence-electron chi connectivity index (χ1n) is 7.36. The van der Waals surface area contributed by atoms with E-state index in [2.05, 4.69) is 0 Å². The number of carbonyl (C=O) groups excluding carboxylic acids is 1. The first-order chi connectivity index (χ1) is 11.0. The van der Waals surface area contributed by atoms with Crippen LogP contribution in [0.3, 0.4) is 0 Å². The Bertz CT molecular complexity index is 572. The molecule has 0 bridgehead atoms. The van der Waals surface area contributed by atoms with Crippen molar-refractivity contribution in [1.29, 1.82) is 0 Å². The minimum Gasteiger partial charge on any atom is -0.496 e. The maximum absolute atomic E-state index is 12.2. The molecule has 0 spiro atoms. The van der Waals surface area contributed by atoms with Crippen LogP contribution in [0.5, 0.6) is 5.75 Å². The Balaban J connectivity index is 2.01. The number of carbonyl (C=O) groups is 1. The van der Waals surface area contributed by atoms with E-state index < -0.39 is 4.92 Å². The summed E-state index contributed by atoms with van der Waals surface area (Å²) in [7, 11) is 3.32. The maximum atomic E-state index is 12.2.